The monoisotopic (exact) mass is 190 g/mol. The molecule has 0 rings (SSSR count). The van der Waals surface area contributed by atoms with Gasteiger partial charge in [0.05, 0.1) is 0 Å². The summed E-state index contributed by atoms with van der Waals surface area (Å²) < 4.78 is 0. The van der Waals surface area contributed by atoms with E-state index in [4.69, 9.17) is 0 Å². The molecule has 0 aliphatic rings. The van der Waals surface area contributed by atoms with E-state index in [0.29, 0.717) is 0 Å². The number of aliphatic carboxylic acids is 2. The molecule has 0 aromatic rings. The van der Waals surface area contributed by atoms with Gasteiger partial charge in [-0.15, -0.1) is 0 Å². The normalized spacial score (nSPS) is 10.4. The van der Waals surface area contributed by atoms with Gasteiger partial charge in [-0.2, -0.15) is 0 Å². The number of carbonyl (C=O) groups excluding carboxylic acids is 2. The van der Waals surface area contributed by atoms with E-state index in [1.165, 1.54) is 0 Å². The maximum atomic E-state index is 10.1. The molecule has 6 heteroatoms. The summed E-state index contributed by atoms with van der Waals surface area (Å²) in [6.45, 7) is 1.59. The van der Waals surface area contributed by atoms with E-state index in [1.54, 1.807) is 6.92 Å². The largest absolute Gasteiger partial charge is 1.00 e. The molecule has 0 bridgehead atoms. The van der Waals surface area contributed by atoms with Gasteiger partial charge in [-0.3, -0.25) is 0 Å². The molecule has 0 aromatic heterocycles. The third-order valence-electron chi connectivity index (χ3n) is 1.24. The summed E-state index contributed by atoms with van der Waals surface area (Å²) in [5, 5.41) is 19.9. The fourth-order valence-electron chi connectivity index (χ4n) is 0.596. The standard InChI is InChI=1S/C6H10O4.2Na/c1-2-4(6(9)10)3-5(7)8;;/h4H,2-3H2,1H3,(H,7,8)(H,9,10);;/q;2*+1/p-2/t4-;;/m1../s1. The van der Waals surface area contributed by atoms with Gasteiger partial charge >= 0.3 is 59.1 Å². The van der Waals surface area contributed by atoms with Crippen LogP contribution in [0.2, 0.25) is 0 Å². The van der Waals surface area contributed by atoms with Gasteiger partial charge in [0, 0.05) is 17.9 Å². The fraction of sp³-hybridized carbons (Fsp3) is 0.667. The van der Waals surface area contributed by atoms with E-state index in [-0.39, 0.29) is 65.5 Å². The predicted molar refractivity (Wildman–Crippen MR) is 28.4 cm³/mol. The Bertz CT molecular complexity index is 148. The Balaban J connectivity index is -0.000000405. The Morgan fingerprint density at radius 2 is 1.67 bits per heavy atom. The summed E-state index contributed by atoms with van der Waals surface area (Å²) in [6, 6.07) is 0. The van der Waals surface area contributed by atoms with E-state index < -0.39 is 24.3 Å². The van der Waals surface area contributed by atoms with Crippen LogP contribution in [0.25, 0.3) is 0 Å². The molecule has 58 valence electrons. The van der Waals surface area contributed by atoms with Gasteiger partial charge < -0.3 is 19.8 Å². The van der Waals surface area contributed by atoms with Crippen molar-refractivity contribution in [1.82, 2.24) is 0 Å². The first-order valence-electron chi connectivity index (χ1n) is 2.98. The van der Waals surface area contributed by atoms with Gasteiger partial charge in [0.25, 0.3) is 0 Å². The second kappa shape index (κ2) is 10.0. The Kier molecular flexibility index (Phi) is 15.6. The number of carboxylic acid groups (broad SMARTS) is 2. The number of carboxylic acids is 2. The molecule has 0 saturated heterocycles. The summed E-state index contributed by atoms with van der Waals surface area (Å²) in [7, 11) is 0. The quantitative estimate of drug-likeness (QED) is 0.412. The molecule has 0 heterocycles. The van der Waals surface area contributed by atoms with Crippen molar-refractivity contribution in [3.05, 3.63) is 0 Å². The van der Waals surface area contributed by atoms with E-state index >= 15 is 0 Å². The van der Waals surface area contributed by atoms with Crippen LogP contribution in [0.1, 0.15) is 19.8 Å². The van der Waals surface area contributed by atoms with Crippen molar-refractivity contribution < 1.29 is 78.9 Å². The van der Waals surface area contributed by atoms with E-state index in [1.807, 2.05) is 0 Å². The van der Waals surface area contributed by atoms with Crippen LogP contribution in [0.15, 0.2) is 0 Å². The minimum absolute atomic E-state index is 0. The molecular weight excluding hydrogens is 182 g/mol. The van der Waals surface area contributed by atoms with Crippen molar-refractivity contribution in [3.8, 4) is 0 Å². The van der Waals surface area contributed by atoms with Crippen molar-refractivity contribution in [3.63, 3.8) is 0 Å². The summed E-state index contributed by atoms with van der Waals surface area (Å²) >= 11 is 0. The van der Waals surface area contributed by atoms with E-state index in [9.17, 15) is 19.8 Å². The van der Waals surface area contributed by atoms with Crippen LogP contribution in [0.4, 0.5) is 0 Å². The Morgan fingerprint density at radius 1 is 1.25 bits per heavy atom. The SMILES string of the molecule is CC[C@H](CC(=O)[O-])C(=O)[O-].[Na+].[Na+]. The third kappa shape index (κ3) is 9.03. The Hall–Kier alpha value is 0.940. The van der Waals surface area contributed by atoms with E-state index in [2.05, 4.69) is 0 Å². The summed E-state index contributed by atoms with van der Waals surface area (Å²) in [5.74, 6) is -3.59. The Labute approximate surface area is 115 Å². The maximum absolute atomic E-state index is 10.1. The zero-order valence-corrected chi connectivity index (χ0v) is 11.6. The first kappa shape index (κ1) is 18.7. The molecule has 1 atom stereocenters. The molecular formula is C6H8Na2O4. The van der Waals surface area contributed by atoms with Gasteiger partial charge in [-0.25, -0.2) is 0 Å². The Morgan fingerprint density at radius 3 is 1.75 bits per heavy atom. The molecule has 0 aliphatic heterocycles. The molecule has 0 saturated carbocycles. The number of carbonyl (C=O) groups is 2. The molecule has 0 aliphatic carbocycles. The second-order valence-electron chi connectivity index (χ2n) is 2.00. The van der Waals surface area contributed by atoms with Crippen LogP contribution >= 0.6 is 0 Å². The van der Waals surface area contributed by atoms with E-state index in [0.717, 1.165) is 0 Å². The molecule has 12 heavy (non-hydrogen) atoms. The average Bonchev–Trinajstić information content (AvgIpc) is 1.81. The summed E-state index contributed by atoms with van der Waals surface area (Å²) in [5.41, 5.74) is 0. The zero-order valence-electron chi connectivity index (χ0n) is 7.62. The molecule has 0 spiro atoms. The van der Waals surface area contributed by atoms with Crippen molar-refractivity contribution in [2.45, 2.75) is 19.8 Å². The first-order chi connectivity index (χ1) is 4.57. The number of rotatable bonds is 4. The van der Waals surface area contributed by atoms with Crippen molar-refractivity contribution in [2.24, 2.45) is 5.92 Å². The molecule has 0 fully saturated rings. The molecule has 0 unspecified atom stereocenters. The third-order valence-corrected chi connectivity index (χ3v) is 1.24. The van der Waals surface area contributed by atoms with Gasteiger partial charge in [0.2, 0.25) is 0 Å². The maximum Gasteiger partial charge on any atom is 1.00 e. The van der Waals surface area contributed by atoms with Gasteiger partial charge in [0.1, 0.15) is 0 Å². The van der Waals surface area contributed by atoms with Crippen LogP contribution in [0, 0.1) is 5.92 Å². The van der Waals surface area contributed by atoms with Crippen molar-refractivity contribution in [1.29, 1.82) is 0 Å². The minimum atomic E-state index is -1.35. The van der Waals surface area contributed by atoms with Gasteiger partial charge in [-0.05, 0) is 12.8 Å². The topological polar surface area (TPSA) is 80.3 Å². The predicted octanol–water partition coefficient (Wildman–Crippen LogP) is -8.09. The molecule has 4 nitrogen and oxygen atoms in total. The van der Waals surface area contributed by atoms with Gasteiger partial charge in [0.15, 0.2) is 0 Å². The molecule has 0 aromatic carbocycles. The molecule has 0 N–H and O–H groups in total. The second-order valence-corrected chi connectivity index (χ2v) is 2.00. The van der Waals surface area contributed by atoms with Crippen LogP contribution in [0.5, 0.6) is 0 Å². The minimum Gasteiger partial charge on any atom is -0.550 e. The van der Waals surface area contributed by atoms with Crippen LogP contribution < -0.4 is 69.3 Å². The molecule has 0 radical (unpaired) electrons. The summed E-state index contributed by atoms with van der Waals surface area (Å²) in [6.07, 6.45) is -0.199. The van der Waals surface area contributed by atoms with Gasteiger partial charge in [-0.1, -0.05) is 6.92 Å². The fourth-order valence-corrected chi connectivity index (χ4v) is 0.596. The summed E-state index contributed by atoms with van der Waals surface area (Å²) in [4.78, 5) is 19.9. The van der Waals surface area contributed by atoms with Crippen molar-refractivity contribution in [2.75, 3.05) is 0 Å². The van der Waals surface area contributed by atoms with Crippen LogP contribution in [0.3, 0.4) is 0 Å². The molecule has 0 amide bonds. The van der Waals surface area contributed by atoms with Crippen LogP contribution in [-0.2, 0) is 9.59 Å². The number of hydrogen-bond donors (Lipinski definition) is 0. The van der Waals surface area contributed by atoms with Crippen LogP contribution in [-0.4, -0.2) is 11.9 Å². The number of hydrogen-bond acceptors (Lipinski definition) is 4. The smallest absolute Gasteiger partial charge is 0.550 e. The average molecular weight is 190 g/mol. The first-order valence-corrected chi connectivity index (χ1v) is 2.98. The zero-order chi connectivity index (χ0) is 8.15. The van der Waals surface area contributed by atoms with Crippen molar-refractivity contribution >= 4 is 11.9 Å².